The zero-order valence-corrected chi connectivity index (χ0v) is 17.4. The van der Waals surface area contributed by atoms with Crippen molar-refractivity contribution in [3.05, 3.63) is 51.6 Å². The van der Waals surface area contributed by atoms with Crippen molar-refractivity contribution in [2.24, 2.45) is 0 Å². The van der Waals surface area contributed by atoms with Crippen LogP contribution in [0.2, 0.25) is 5.02 Å². The molecule has 0 unspecified atom stereocenters. The summed E-state index contributed by atoms with van der Waals surface area (Å²) in [6.07, 6.45) is -2.72. The van der Waals surface area contributed by atoms with Crippen molar-refractivity contribution >= 4 is 35.3 Å². The number of benzene rings is 1. The minimum Gasteiger partial charge on any atom is -0.466 e. The van der Waals surface area contributed by atoms with Crippen molar-refractivity contribution in [1.82, 2.24) is 10.6 Å². The predicted octanol–water partition coefficient (Wildman–Crippen LogP) is 2.06. The molecule has 30 heavy (non-hydrogen) atoms. The van der Waals surface area contributed by atoms with E-state index < -0.39 is 30.4 Å². The fraction of sp³-hybridized carbons (Fsp3) is 0.350. The van der Waals surface area contributed by atoms with Crippen LogP contribution in [0.5, 0.6) is 0 Å². The molecule has 0 spiro atoms. The molecule has 9 nitrogen and oxygen atoms in total. The SMILES string of the molecule is CNC(=O)OCC1=C(COC(=O)NC)[C@@H]2O[C@H]1C(C(=O)OC)=C2c1ccc(Cl)cc1. The van der Waals surface area contributed by atoms with Crippen molar-refractivity contribution in [3.8, 4) is 0 Å². The van der Waals surface area contributed by atoms with Crippen LogP contribution in [0.3, 0.4) is 0 Å². The first-order valence-corrected chi connectivity index (χ1v) is 9.43. The topological polar surface area (TPSA) is 112 Å². The van der Waals surface area contributed by atoms with Crippen LogP contribution in [0.1, 0.15) is 5.56 Å². The van der Waals surface area contributed by atoms with E-state index >= 15 is 0 Å². The first-order valence-electron chi connectivity index (χ1n) is 9.05. The van der Waals surface area contributed by atoms with E-state index in [-0.39, 0.29) is 13.2 Å². The number of halogens is 1. The smallest absolute Gasteiger partial charge is 0.407 e. The number of methoxy groups -OCH3 is 1. The largest absolute Gasteiger partial charge is 0.466 e. The minimum absolute atomic E-state index is 0.0984. The highest BCUT2D eigenvalue weighted by molar-refractivity contribution is 6.30. The van der Waals surface area contributed by atoms with Gasteiger partial charge < -0.3 is 29.6 Å². The summed E-state index contributed by atoms with van der Waals surface area (Å²) in [5, 5.41) is 5.27. The van der Waals surface area contributed by atoms with Crippen LogP contribution in [0.25, 0.3) is 5.57 Å². The fourth-order valence-electron chi connectivity index (χ4n) is 3.44. The monoisotopic (exact) mass is 436 g/mol. The average molecular weight is 437 g/mol. The Hall–Kier alpha value is -3.04. The van der Waals surface area contributed by atoms with E-state index in [1.165, 1.54) is 21.2 Å². The molecule has 1 aromatic rings. The molecule has 2 aliphatic heterocycles. The molecule has 3 rings (SSSR count). The Morgan fingerprint density at radius 2 is 1.50 bits per heavy atom. The van der Waals surface area contributed by atoms with Gasteiger partial charge in [-0.1, -0.05) is 23.7 Å². The number of amides is 2. The van der Waals surface area contributed by atoms with E-state index in [0.29, 0.717) is 27.3 Å². The van der Waals surface area contributed by atoms with Gasteiger partial charge in [-0.2, -0.15) is 0 Å². The van der Waals surface area contributed by atoms with Gasteiger partial charge in [0.05, 0.1) is 12.7 Å². The summed E-state index contributed by atoms with van der Waals surface area (Å²) in [6, 6.07) is 6.93. The normalized spacial score (nSPS) is 19.6. The number of carbonyl (C=O) groups excluding carboxylic acids is 3. The van der Waals surface area contributed by atoms with Crippen LogP contribution >= 0.6 is 11.6 Å². The van der Waals surface area contributed by atoms with Crippen molar-refractivity contribution < 1.29 is 33.3 Å². The molecular weight excluding hydrogens is 416 g/mol. The Kier molecular flexibility index (Phi) is 6.63. The maximum atomic E-state index is 12.6. The second kappa shape index (κ2) is 9.19. The van der Waals surface area contributed by atoms with E-state index in [4.69, 9.17) is 30.5 Å². The summed E-state index contributed by atoms with van der Waals surface area (Å²) in [4.78, 5) is 35.8. The van der Waals surface area contributed by atoms with Crippen molar-refractivity contribution in [3.63, 3.8) is 0 Å². The Balaban J connectivity index is 2.02. The van der Waals surface area contributed by atoms with Crippen LogP contribution in [0.4, 0.5) is 9.59 Å². The van der Waals surface area contributed by atoms with E-state index in [1.54, 1.807) is 24.3 Å². The number of alkyl carbamates (subject to hydrolysis) is 2. The number of hydrogen-bond donors (Lipinski definition) is 2. The highest BCUT2D eigenvalue weighted by Crippen LogP contribution is 2.48. The van der Waals surface area contributed by atoms with Crippen molar-refractivity contribution in [1.29, 1.82) is 0 Å². The first-order chi connectivity index (χ1) is 14.4. The first kappa shape index (κ1) is 21.7. The molecule has 2 aliphatic rings. The van der Waals surface area contributed by atoms with Crippen LogP contribution in [-0.2, 0) is 23.7 Å². The van der Waals surface area contributed by atoms with Gasteiger partial charge in [0.1, 0.15) is 25.4 Å². The molecule has 0 saturated heterocycles. The Morgan fingerprint density at radius 3 is 2.00 bits per heavy atom. The summed E-state index contributed by atoms with van der Waals surface area (Å²) >= 11 is 5.99. The number of esters is 1. The molecule has 160 valence electrons. The van der Waals surface area contributed by atoms with E-state index in [0.717, 1.165) is 5.56 Å². The lowest BCUT2D eigenvalue weighted by Crippen LogP contribution is -2.28. The lowest BCUT2D eigenvalue weighted by Gasteiger charge is -2.22. The number of hydrogen-bond acceptors (Lipinski definition) is 7. The van der Waals surface area contributed by atoms with Crippen LogP contribution in [0.15, 0.2) is 41.0 Å². The van der Waals surface area contributed by atoms with Gasteiger partial charge in [-0.05, 0) is 17.7 Å². The second-order valence-corrected chi connectivity index (χ2v) is 6.86. The third kappa shape index (κ3) is 4.12. The third-order valence-corrected chi connectivity index (χ3v) is 5.07. The maximum absolute atomic E-state index is 12.6. The number of rotatable bonds is 6. The number of carbonyl (C=O) groups is 3. The summed E-state index contributed by atoms with van der Waals surface area (Å²) in [6.45, 7) is -0.236. The quantitative estimate of drug-likeness (QED) is 0.398. The number of ether oxygens (including phenoxy) is 4. The molecule has 10 heteroatoms. The predicted molar refractivity (Wildman–Crippen MR) is 107 cm³/mol. The average Bonchev–Trinajstić information content (AvgIpc) is 3.31. The van der Waals surface area contributed by atoms with Gasteiger partial charge in [-0.3, -0.25) is 0 Å². The fourth-order valence-corrected chi connectivity index (χ4v) is 3.56. The highest BCUT2D eigenvalue weighted by Gasteiger charge is 2.50. The highest BCUT2D eigenvalue weighted by atomic mass is 35.5. The molecule has 0 fully saturated rings. The van der Waals surface area contributed by atoms with E-state index in [2.05, 4.69) is 10.6 Å². The molecular formula is C20H21ClN2O7. The summed E-state index contributed by atoms with van der Waals surface area (Å²) < 4.78 is 21.4. The van der Waals surface area contributed by atoms with E-state index in [1.807, 2.05) is 0 Å². The maximum Gasteiger partial charge on any atom is 0.407 e. The lowest BCUT2D eigenvalue weighted by molar-refractivity contribution is -0.136. The second-order valence-electron chi connectivity index (χ2n) is 6.42. The summed E-state index contributed by atoms with van der Waals surface area (Å²) in [5.74, 6) is -0.559. The zero-order chi connectivity index (χ0) is 21.8. The molecule has 0 saturated carbocycles. The minimum atomic E-state index is -0.791. The molecule has 2 N–H and O–H groups in total. The molecule has 2 heterocycles. The standard InChI is InChI=1S/C20H21ClN2O7/c1-22-19(25)28-8-12-13(9-29-20(26)23-2)17-15(18(24)27-3)14(16(12)30-17)10-4-6-11(21)7-5-10/h4-7,16-17H,8-9H2,1-3H3,(H,22,25)(H,23,26)/t16-,17+/m0/s1. The lowest BCUT2D eigenvalue weighted by atomic mass is 9.83. The number of fused-ring (bicyclic) bond motifs is 2. The van der Waals surface area contributed by atoms with Crippen LogP contribution in [0, 0.1) is 0 Å². The molecule has 0 aliphatic carbocycles. The summed E-state index contributed by atoms with van der Waals surface area (Å²) in [7, 11) is 4.15. The van der Waals surface area contributed by atoms with Crippen LogP contribution < -0.4 is 10.6 Å². The number of nitrogens with one attached hydrogen (secondary N) is 2. The van der Waals surface area contributed by atoms with Gasteiger partial charge in [-0.25, -0.2) is 14.4 Å². The molecule has 0 radical (unpaired) electrons. The van der Waals surface area contributed by atoms with Gasteiger partial charge >= 0.3 is 18.2 Å². The third-order valence-electron chi connectivity index (χ3n) is 4.82. The van der Waals surface area contributed by atoms with Gasteiger partial charge in [0.2, 0.25) is 0 Å². The van der Waals surface area contributed by atoms with Gasteiger partial charge in [-0.15, -0.1) is 0 Å². The molecule has 0 aromatic heterocycles. The Bertz CT molecular complexity index is 924. The molecule has 2 amide bonds. The molecule has 2 atom stereocenters. The summed E-state index contributed by atoms with van der Waals surface area (Å²) in [5.41, 5.74) is 2.76. The van der Waals surface area contributed by atoms with Crippen LogP contribution in [-0.4, -0.2) is 64.8 Å². The van der Waals surface area contributed by atoms with Gasteiger partial charge in [0.25, 0.3) is 0 Å². The zero-order valence-electron chi connectivity index (χ0n) is 16.6. The van der Waals surface area contributed by atoms with Gasteiger partial charge in [0.15, 0.2) is 0 Å². The molecule has 1 aromatic carbocycles. The van der Waals surface area contributed by atoms with Crippen molar-refractivity contribution in [2.45, 2.75) is 12.2 Å². The van der Waals surface area contributed by atoms with E-state index in [9.17, 15) is 14.4 Å². The van der Waals surface area contributed by atoms with Gasteiger partial charge in [0, 0.05) is 35.8 Å². The Morgan fingerprint density at radius 1 is 0.967 bits per heavy atom. The van der Waals surface area contributed by atoms with Crippen molar-refractivity contribution in [2.75, 3.05) is 34.4 Å². The molecule has 2 bridgehead atoms. The Labute approximate surface area is 177 Å².